The van der Waals surface area contributed by atoms with Crippen molar-refractivity contribution in [1.29, 1.82) is 0 Å². The fraction of sp³-hybridized carbons (Fsp3) is 0.675. The van der Waals surface area contributed by atoms with Crippen LogP contribution in [0.25, 0.3) is 5.57 Å². The van der Waals surface area contributed by atoms with Crippen LogP contribution in [-0.4, -0.2) is 41.3 Å². The van der Waals surface area contributed by atoms with Crippen molar-refractivity contribution in [2.75, 3.05) is 13.1 Å². The van der Waals surface area contributed by atoms with E-state index in [0.29, 0.717) is 41.7 Å². The van der Waals surface area contributed by atoms with Crippen molar-refractivity contribution in [3.05, 3.63) is 53.6 Å². The molecule has 0 aromatic heterocycles. The molecule has 0 spiro atoms. The molecule has 256 valence electrons. The lowest BCUT2D eigenvalue weighted by atomic mass is 9.32. The lowest BCUT2D eigenvalue weighted by molar-refractivity contribution is -0.224. The number of urea groups is 1. The van der Waals surface area contributed by atoms with Crippen LogP contribution in [0.5, 0.6) is 0 Å². The molecule has 0 radical (unpaired) electrons. The van der Waals surface area contributed by atoms with Gasteiger partial charge in [0.05, 0.1) is 5.56 Å². The summed E-state index contributed by atoms with van der Waals surface area (Å²) < 4.78 is 0. The van der Waals surface area contributed by atoms with Gasteiger partial charge in [0.25, 0.3) is 0 Å². The first-order chi connectivity index (χ1) is 22.0. The number of aliphatic carboxylic acids is 1. The summed E-state index contributed by atoms with van der Waals surface area (Å²) in [6.07, 6.45) is 12.8. The predicted molar refractivity (Wildman–Crippen MR) is 185 cm³/mol. The molecule has 0 bridgehead atoms. The molecule has 1 aromatic rings. The molecule has 1 aromatic carbocycles. The summed E-state index contributed by atoms with van der Waals surface area (Å²) in [5, 5.41) is 24.1. The van der Waals surface area contributed by atoms with Crippen LogP contribution in [0.3, 0.4) is 0 Å². The molecule has 4 saturated carbocycles. The molecule has 7 heteroatoms. The Balaban J connectivity index is 1.30. The second-order valence-corrected chi connectivity index (χ2v) is 17.4. The minimum absolute atomic E-state index is 0.0132. The maximum Gasteiger partial charge on any atom is 0.335 e. The highest BCUT2D eigenvalue weighted by atomic mass is 16.4. The second-order valence-electron chi connectivity index (χ2n) is 17.4. The molecule has 4 fully saturated rings. The Morgan fingerprint density at radius 1 is 0.851 bits per heavy atom. The third kappa shape index (κ3) is 5.08. The molecule has 6 rings (SSSR count). The Labute approximate surface area is 281 Å². The van der Waals surface area contributed by atoms with E-state index in [-0.39, 0.29) is 39.7 Å². The van der Waals surface area contributed by atoms with Gasteiger partial charge in [0.1, 0.15) is 6.54 Å². The number of carbonyl (C=O) groups is 3. The number of fused-ring (bicyclic) bond motifs is 7. The molecule has 5 aliphatic carbocycles. The summed E-state index contributed by atoms with van der Waals surface area (Å²) >= 11 is 0. The first-order valence-corrected chi connectivity index (χ1v) is 17.9. The Bertz CT molecular complexity index is 1500. The predicted octanol–water partition coefficient (Wildman–Crippen LogP) is 8.42. The Morgan fingerprint density at radius 3 is 2.19 bits per heavy atom. The van der Waals surface area contributed by atoms with Gasteiger partial charge in [-0.05, 0) is 145 Å². The lowest BCUT2D eigenvalue weighted by Gasteiger charge is -2.72. The highest BCUT2D eigenvalue weighted by Crippen LogP contribution is 2.77. The van der Waals surface area contributed by atoms with Crippen LogP contribution >= 0.6 is 0 Å². The Hall–Kier alpha value is -3.09. The molecule has 7 nitrogen and oxygen atoms in total. The number of nitrogens with one attached hydrogen (secondary N) is 2. The molecular weight excluding hydrogens is 588 g/mol. The number of amides is 2. The molecular formula is C40H56N2O5. The fourth-order valence-electron chi connectivity index (χ4n) is 13.0. The van der Waals surface area contributed by atoms with Crippen LogP contribution in [0.15, 0.2) is 42.5 Å². The van der Waals surface area contributed by atoms with Gasteiger partial charge in [0.2, 0.25) is 0 Å². The third-order valence-electron chi connectivity index (χ3n) is 15.3. The largest absolute Gasteiger partial charge is 0.480 e. The number of aromatic carboxylic acids is 1. The average molecular weight is 645 g/mol. The molecule has 0 heterocycles. The van der Waals surface area contributed by atoms with E-state index in [0.717, 1.165) is 37.7 Å². The minimum atomic E-state index is -1.04. The Kier molecular flexibility index (Phi) is 8.28. The quantitative estimate of drug-likeness (QED) is 0.223. The SMILES string of the molecule is C=C(C)C1CCC2(CNC(=O)NCC(=O)O)CCC3(C)C(CCC4C5(C)CC=C(c6ccc(C(=O)O)cc6)C(C)(C)C5CCC43C)C12. The average Bonchev–Trinajstić information content (AvgIpc) is 3.39. The van der Waals surface area contributed by atoms with Gasteiger partial charge in [-0.25, -0.2) is 9.59 Å². The lowest BCUT2D eigenvalue weighted by Crippen LogP contribution is -2.66. The number of hydrogen-bond acceptors (Lipinski definition) is 3. The van der Waals surface area contributed by atoms with Gasteiger partial charge >= 0.3 is 18.0 Å². The van der Waals surface area contributed by atoms with Gasteiger partial charge < -0.3 is 20.8 Å². The molecule has 4 N–H and O–H groups in total. The van der Waals surface area contributed by atoms with Crippen molar-refractivity contribution in [2.45, 2.75) is 99.3 Å². The van der Waals surface area contributed by atoms with Crippen molar-refractivity contribution in [3.63, 3.8) is 0 Å². The third-order valence-corrected chi connectivity index (χ3v) is 15.3. The topological polar surface area (TPSA) is 116 Å². The molecule has 0 saturated heterocycles. The zero-order valence-corrected chi connectivity index (χ0v) is 29.4. The van der Waals surface area contributed by atoms with Crippen LogP contribution in [0, 0.1) is 56.7 Å². The van der Waals surface area contributed by atoms with Crippen LogP contribution in [0.2, 0.25) is 0 Å². The number of carboxylic acids is 2. The standard InChI is InChI=1S/C40H56N2O5/c1-24(2)27-14-19-40(23-42-35(47)41-22-32(43)44)21-20-38(6)29(33(27)40)12-13-31-37(5)17-15-28(25-8-10-26(11-9-25)34(45)46)36(3,4)30(37)16-18-39(31,38)7/h8-11,15,27,29-31,33H,1,12-14,16-23H2,2-7H3,(H,43,44)(H,45,46)(H2,41,42,47). The van der Waals surface area contributed by atoms with Gasteiger partial charge in [-0.15, -0.1) is 0 Å². The van der Waals surface area contributed by atoms with E-state index in [1.165, 1.54) is 36.8 Å². The minimum Gasteiger partial charge on any atom is -0.480 e. The van der Waals surface area contributed by atoms with E-state index in [1.54, 1.807) is 12.1 Å². The second kappa shape index (κ2) is 11.5. The van der Waals surface area contributed by atoms with Gasteiger partial charge in [0, 0.05) is 6.54 Å². The first-order valence-electron chi connectivity index (χ1n) is 17.9. The highest BCUT2D eigenvalue weighted by molar-refractivity contribution is 5.88. The highest BCUT2D eigenvalue weighted by Gasteiger charge is 2.70. The van der Waals surface area contributed by atoms with Gasteiger partial charge in [0.15, 0.2) is 0 Å². The van der Waals surface area contributed by atoms with E-state index < -0.39 is 11.9 Å². The van der Waals surface area contributed by atoms with E-state index >= 15 is 0 Å². The van der Waals surface area contributed by atoms with Crippen molar-refractivity contribution < 1.29 is 24.6 Å². The molecule has 9 atom stereocenters. The monoisotopic (exact) mass is 644 g/mol. The van der Waals surface area contributed by atoms with Crippen molar-refractivity contribution >= 4 is 23.5 Å². The van der Waals surface area contributed by atoms with E-state index in [2.05, 4.69) is 64.8 Å². The maximum absolute atomic E-state index is 12.6. The number of hydrogen-bond donors (Lipinski definition) is 4. The number of carbonyl (C=O) groups excluding carboxylic acids is 1. The molecule has 9 unspecified atom stereocenters. The smallest absolute Gasteiger partial charge is 0.335 e. The zero-order chi connectivity index (χ0) is 34.2. The van der Waals surface area contributed by atoms with E-state index in [9.17, 15) is 19.5 Å². The van der Waals surface area contributed by atoms with Crippen molar-refractivity contribution in [2.24, 2.45) is 56.7 Å². The number of allylic oxidation sites excluding steroid dienone is 3. The summed E-state index contributed by atoms with van der Waals surface area (Å²) in [6, 6.07) is 7.09. The summed E-state index contributed by atoms with van der Waals surface area (Å²) in [6.45, 7) is 19.6. The summed E-state index contributed by atoms with van der Waals surface area (Å²) in [5.74, 6) is 0.690. The number of rotatable bonds is 7. The van der Waals surface area contributed by atoms with Gasteiger partial charge in [-0.2, -0.15) is 0 Å². The zero-order valence-electron chi connectivity index (χ0n) is 29.4. The first kappa shape index (κ1) is 33.8. The molecule has 2 amide bonds. The van der Waals surface area contributed by atoms with Crippen LogP contribution in [-0.2, 0) is 4.79 Å². The maximum atomic E-state index is 12.6. The van der Waals surface area contributed by atoms with Crippen LogP contribution < -0.4 is 10.6 Å². The van der Waals surface area contributed by atoms with Gasteiger partial charge in [-0.1, -0.05) is 65.0 Å². The molecule has 0 aliphatic heterocycles. The fourth-order valence-corrected chi connectivity index (χ4v) is 13.0. The van der Waals surface area contributed by atoms with Crippen LogP contribution in [0.1, 0.15) is 115 Å². The summed E-state index contributed by atoms with van der Waals surface area (Å²) in [5.41, 5.74) is 4.65. The Morgan fingerprint density at radius 2 is 1.55 bits per heavy atom. The van der Waals surface area contributed by atoms with Crippen LogP contribution in [0.4, 0.5) is 4.79 Å². The van der Waals surface area contributed by atoms with E-state index in [4.69, 9.17) is 5.11 Å². The summed E-state index contributed by atoms with van der Waals surface area (Å²) in [4.78, 5) is 35.2. The van der Waals surface area contributed by atoms with Crippen molar-refractivity contribution in [1.82, 2.24) is 10.6 Å². The number of benzene rings is 1. The molecule has 5 aliphatic rings. The summed E-state index contributed by atoms with van der Waals surface area (Å²) in [7, 11) is 0. The molecule has 47 heavy (non-hydrogen) atoms. The van der Waals surface area contributed by atoms with Crippen molar-refractivity contribution in [3.8, 4) is 0 Å². The van der Waals surface area contributed by atoms with E-state index in [1.807, 2.05) is 12.1 Å². The van der Waals surface area contributed by atoms with Gasteiger partial charge in [-0.3, -0.25) is 4.79 Å². The number of carboxylic acid groups (broad SMARTS) is 2. The normalized spacial score (nSPS) is 40.0.